The predicted molar refractivity (Wildman–Crippen MR) is 111 cm³/mol. The standard InChI is InChI=1S/C23H27N3O2/c1-15-4-5-16-6-8-18(27)13-19(16)23(15,2)10-11-26(3)22(28)17-7-9-20-21(12-17)25-14-24-20/h6-9,12-15,27H,4-5,10-11H2,1-3H3,(H,24,25)/t15?,23-/m0/s1. The van der Waals surface area contributed by atoms with Gasteiger partial charge in [-0.3, -0.25) is 4.79 Å². The van der Waals surface area contributed by atoms with Crippen molar-refractivity contribution >= 4 is 16.9 Å². The van der Waals surface area contributed by atoms with Crippen LogP contribution in [0.3, 0.4) is 0 Å². The van der Waals surface area contributed by atoms with Crippen LogP contribution in [0.1, 0.15) is 48.2 Å². The molecule has 0 fully saturated rings. The Bertz CT molecular complexity index is 1030. The molecular formula is C23H27N3O2. The summed E-state index contributed by atoms with van der Waals surface area (Å²) in [5.41, 5.74) is 4.88. The van der Waals surface area contributed by atoms with Crippen LogP contribution >= 0.6 is 0 Å². The number of imidazole rings is 1. The zero-order chi connectivity index (χ0) is 19.9. The summed E-state index contributed by atoms with van der Waals surface area (Å²) in [5, 5.41) is 10.0. The Morgan fingerprint density at radius 1 is 1.32 bits per heavy atom. The van der Waals surface area contributed by atoms with E-state index in [2.05, 4.69) is 23.8 Å². The van der Waals surface area contributed by atoms with Crippen LogP contribution in [0.5, 0.6) is 5.75 Å². The summed E-state index contributed by atoms with van der Waals surface area (Å²) < 4.78 is 0. The first kappa shape index (κ1) is 18.5. The van der Waals surface area contributed by atoms with E-state index in [-0.39, 0.29) is 11.3 Å². The topological polar surface area (TPSA) is 69.2 Å². The quantitative estimate of drug-likeness (QED) is 0.713. The Morgan fingerprint density at radius 3 is 2.96 bits per heavy atom. The maximum Gasteiger partial charge on any atom is 0.253 e. The van der Waals surface area contributed by atoms with E-state index in [0.29, 0.717) is 23.8 Å². The van der Waals surface area contributed by atoms with E-state index in [4.69, 9.17) is 0 Å². The lowest BCUT2D eigenvalue weighted by Gasteiger charge is -2.42. The number of aromatic nitrogens is 2. The van der Waals surface area contributed by atoms with Crippen molar-refractivity contribution in [3.05, 3.63) is 59.4 Å². The number of fused-ring (bicyclic) bond motifs is 2. The third-order valence-electron chi connectivity index (χ3n) is 6.62. The van der Waals surface area contributed by atoms with E-state index >= 15 is 0 Å². The highest BCUT2D eigenvalue weighted by Crippen LogP contribution is 2.44. The lowest BCUT2D eigenvalue weighted by Crippen LogP contribution is -2.39. The van der Waals surface area contributed by atoms with Gasteiger partial charge in [-0.2, -0.15) is 0 Å². The Kier molecular flexibility index (Phi) is 4.61. The van der Waals surface area contributed by atoms with E-state index in [1.807, 2.05) is 37.4 Å². The highest BCUT2D eigenvalue weighted by Gasteiger charge is 2.38. The zero-order valence-corrected chi connectivity index (χ0v) is 16.7. The Hall–Kier alpha value is -2.82. The molecule has 4 rings (SSSR count). The Balaban J connectivity index is 1.53. The van der Waals surface area contributed by atoms with Crippen molar-refractivity contribution in [1.29, 1.82) is 0 Å². The minimum absolute atomic E-state index is 0.0136. The van der Waals surface area contributed by atoms with Gasteiger partial charge in [0.1, 0.15) is 5.75 Å². The first-order valence-electron chi connectivity index (χ1n) is 9.89. The van der Waals surface area contributed by atoms with Crippen molar-refractivity contribution in [2.45, 2.75) is 38.5 Å². The molecular weight excluding hydrogens is 350 g/mol. The Labute approximate surface area is 165 Å². The summed E-state index contributed by atoms with van der Waals surface area (Å²) in [4.78, 5) is 22.0. The second-order valence-electron chi connectivity index (χ2n) is 8.31. The molecule has 5 heteroatoms. The van der Waals surface area contributed by atoms with Crippen molar-refractivity contribution in [3.8, 4) is 5.75 Å². The van der Waals surface area contributed by atoms with Crippen LogP contribution in [0.4, 0.5) is 0 Å². The third kappa shape index (κ3) is 3.15. The summed E-state index contributed by atoms with van der Waals surface area (Å²) in [6.45, 7) is 5.21. The molecule has 0 saturated carbocycles. The Morgan fingerprint density at radius 2 is 2.14 bits per heavy atom. The number of hydrogen-bond donors (Lipinski definition) is 2. The summed E-state index contributed by atoms with van der Waals surface area (Å²) in [6, 6.07) is 11.3. The number of aryl methyl sites for hydroxylation is 1. The number of amides is 1. The fourth-order valence-electron chi connectivity index (χ4n) is 4.44. The van der Waals surface area contributed by atoms with Crippen LogP contribution in [0, 0.1) is 5.92 Å². The highest BCUT2D eigenvalue weighted by molar-refractivity contribution is 5.97. The van der Waals surface area contributed by atoms with Crippen molar-refractivity contribution in [2.24, 2.45) is 5.92 Å². The first-order chi connectivity index (χ1) is 13.4. The van der Waals surface area contributed by atoms with Gasteiger partial charge in [0.2, 0.25) is 0 Å². The van der Waals surface area contributed by atoms with Crippen LogP contribution in [-0.2, 0) is 11.8 Å². The van der Waals surface area contributed by atoms with Crippen LogP contribution in [0.2, 0.25) is 0 Å². The van der Waals surface area contributed by atoms with Crippen LogP contribution < -0.4 is 0 Å². The number of nitrogens with one attached hydrogen (secondary N) is 1. The fraction of sp³-hybridized carbons (Fsp3) is 0.391. The number of H-pyrrole nitrogens is 1. The van der Waals surface area contributed by atoms with Crippen molar-refractivity contribution in [1.82, 2.24) is 14.9 Å². The van der Waals surface area contributed by atoms with Crippen molar-refractivity contribution < 1.29 is 9.90 Å². The molecule has 0 aliphatic heterocycles. The first-order valence-corrected chi connectivity index (χ1v) is 9.89. The van der Waals surface area contributed by atoms with Crippen LogP contribution in [0.15, 0.2) is 42.7 Å². The molecule has 1 amide bonds. The molecule has 0 spiro atoms. The van der Waals surface area contributed by atoms with Gasteiger partial charge in [-0.05, 0) is 72.1 Å². The molecule has 5 nitrogen and oxygen atoms in total. The molecule has 2 N–H and O–H groups in total. The highest BCUT2D eigenvalue weighted by atomic mass is 16.3. The average Bonchev–Trinajstić information content (AvgIpc) is 3.17. The van der Waals surface area contributed by atoms with E-state index < -0.39 is 0 Å². The van der Waals surface area contributed by atoms with Crippen molar-refractivity contribution in [3.63, 3.8) is 0 Å². The second kappa shape index (κ2) is 6.97. The average molecular weight is 377 g/mol. The monoisotopic (exact) mass is 377 g/mol. The van der Waals surface area contributed by atoms with Gasteiger partial charge >= 0.3 is 0 Å². The number of carbonyl (C=O) groups excluding carboxylic acids is 1. The molecule has 1 heterocycles. The van der Waals surface area contributed by atoms with E-state index in [9.17, 15) is 9.90 Å². The lowest BCUT2D eigenvalue weighted by atomic mass is 9.63. The number of carbonyl (C=O) groups is 1. The number of phenolic OH excluding ortho intramolecular Hbond substituents is 1. The van der Waals surface area contributed by atoms with Gasteiger partial charge in [-0.15, -0.1) is 0 Å². The maximum atomic E-state index is 12.9. The molecule has 1 aliphatic carbocycles. The third-order valence-corrected chi connectivity index (χ3v) is 6.62. The van der Waals surface area contributed by atoms with E-state index in [1.54, 1.807) is 17.3 Å². The smallest absolute Gasteiger partial charge is 0.253 e. The molecule has 0 bridgehead atoms. The van der Waals surface area contributed by atoms with Gasteiger partial charge in [0.25, 0.3) is 5.91 Å². The van der Waals surface area contributed by atoms with Gasteiger partial charge in [0, 0.05) is 19.2 Å². The molecule has 2 atom stereocenters. The van der Waals surface area contributed by atoms with Crippen LogP contribution in [0.25, 0.3) is 11.0 Å². The van der Waals surface area contributed by atoms with E-state index in [1.165, 1.54) is 11.1 Å². The summed E-state index contributed by atoms with van der Waals surface area (Å²) in [7, 11) is 1.86. The molecule has 1 aromatic heterocycles. The fourth-order valence-corrected chi connectivity index (χ4v) is 4.44. The molecule has 0 radical (unpaired) electrons. The second-order valence-corrected chi connectivity index (χ2v) is 8.31. The molecule has 0 saturated heterocycles. The number of aromatic amines is 1. The number of nitrogens with zero attached hydrogens (tertiary/aromatic N) is 2. The lowest BCUT2D eigenvalue weighted by molar-refractivity contribution is 0.0775. The minimum Gasteiger partial charge on any atom is -0.508 e. The molecule has 3 aromatic rings. The summed E-state index contributed by atoms with van der Waals surface area (Å²) in [5.74, 6) is 0.822. The number of aromatic hydroxyl groups is 1. The van der Waals surface area contributed by atoms with Gasteiger partial charge in [0.05, 0.1) is 17.4 Å². The van der Waals surface area contributed by atoms with Gasteiger partial charge in [0.15, 0.2) is 0 Å². The van der Waals surface area contributed by atoms with Gasteiger partial charge < -0.3 is 15.0 Å². The number of phenols is 1. The van der Waals surface area contributed by atoms with Gasteiger partial charge in [-0.25, -0.2) is 4.98 Å². The number of hydrogen-bond acceptors (Lipinski definition) is 3. The van der Waals surface area contributed by atoms with Crippen molar-refractivity contribution in [2.75, 3.05) is 13.6 Å². The molecule has 1 unspecified atom stereocenters. The molecule has 2 aromatic carbocycles. The molecule has 146 valence electrons. The predicted octanol–water partition coefficient (Wildman–Crippen LogP) is 4.27. The SMILES string of the molecule is CC1CCc2ccc(O)cc2[C@@]1(C)CCN(C)C(=O)c1ccc2nc[nH]c2c1. The van der Waals surface area contributed by atoms with Crippen LogP contribution in [-0.4, -0.2) is 39.5 Å². The molecule has 1 aliphatic rings. The zero-order valence-electron chi connectivity index (χ0n) is 16.7. The van der Waals surface area contributed by atoms with E-state index in [0.717, 1.165) is 30.3 Å². The van der Waals surface area contributed by atoms with Gasteiger partial charge in [-0.1, -0.05) is 19.9 Å². The maximum absolute atomic E-state index is 12.9. The minimum atomic E-state index is -0.0613. The summed E-state index contributed by atoms with van der Waals surface area (Å²) in [6.07, 6.45) is 4.67. The molecule has 28 heavy (non-hydrogen) atoms. The number of benzene rings is 2. The largest absolute Gasteiger partial charge is 0.508 e. The number of rotatable bonds is 4. The normalized spacial score (nSPS) is 21.5. The summed E-state index contributed by atoms with van der Waals surface area (Å²) >= 11 is 0.